The number of amides is 1. The molecule has 0 N–H and O–H groups in total. The zero-order valence-corrected chi connectivity index (χ0v) is 16.2. The van der Waals surface area contributed by atoms with Crippen LogP contribution in [0.5, 0.6) is 5.75 Å². The Hall–Kier alpha value is -1.59. The lowest BCUT2D eigenvalue weighted by Gasteiger charge is -2.44. The zero-order chi connectivity index (χ0) is 18.6. The largest absolute Gasteiger partial charge is 0.496 e. The van der Waals surface area contributed by atoms with Gasteiger partial charge in [0.2, 0.25) is 5.91 Å². The summed E-state index contributed by atoms with van der Waals surface area (Å²) < 4.78 is 17.1. The van der Waals surface area contributed by atoms with Gasteiger partial charge in [0.05, 0.1) is 26.4 Å². The molecule has 0 bridgehead atoms. The minimum atomic E-state index is -0.241. The van der Waals surface area contributed by atoms with Crippen LogP contribution >= 0.6 is 0 Å². The number of para-hydroxylation sites is 1. The Kier molecular flexibility index (Phi) is 6.20. The van der Waals surface area contributed by atoms with E-state index in [4.69, 9.17) is 14.2 Å². The van der Waals surface area contributed by atoms with Crippen LogP contribution in [0, 0.1) is 5.92 Å². The fraction of sp³-hybridized carbons (Fsp3) is 0.667. The quantitative estimate of drug-likeness (QED) is 0.809. The number of benzene rings is 1. The molecule has 1 amide bonds. The lowest BCUT2D eigenvalue weighted by atomic mass is 9.68. The molecule has 0 saturated carbocycles. The Balaban J connectivity index is 1.92. The Morgan fingerprint density at radius 2 is 2.00 bits per heavy atom. The van der Waals surface area contributed by atoms with Crippen LogP contribution in [-0.2, 0) is 19.7 Å². The first-order valence-electron chi connectivity index (χ1n) is 9.66. The fourth-order valence-electron chi connectivity index (χ4n) is 4.18. The van der Waals surface area contributed by atoms with Crippen LogP contribution < -0.4 is 4.74 Å². The van der Waals surface area contributed by atoms with E-state index < -0.39 is 0 Å². The van der Waals surface area contributed by atoms with Gasteiger partial charge in [0.1, 0.15) is 5.75 Å². The first-order chi connectivity index (χ1) is 12.6. The second-order valence-corrected chi connectivity index (χ2v) is 7.76. The number of carbonyl (C=O) groups is 1. The van der Waals surface area contributed by atoms with Crippen molar-refractivity contribution in [3.05, 3.63) is 29.8 Å². The van der Waals surface area contributed by atoms with Crippen molar-refractivity contribution in [3.63, 3.8) is 0 Å². The van der Waals surface area contributed by atoms with Gasteiger partial charge in [0.15, 0.2) is 0 Å². The number of rotatable bonds is 5. The van der Waals surface area contributed by atoms with Crippen molar-refractivity contribution in [1.82, 2.24) is 4.90 Å². The molecule has 0 aromatic heterocycles. The van der Waals surface area contributed by atoms with Gasteiger partial charge in [0.25, 0.3) is 0 Å². The summed E-state index contributed by atoms with van der Waals surface area (Å²) in [4.78, 5) is 15.1. The van der Waals surface area contributed by atoms with E-state index in [1.54, 1.807) is 7.11 Å². The van der Waals surface area contributed by atoms with E-state index in [9.17, 15) is 4.79 Å². The first kappa shape index (κ1) is 19.2. The van der Waals surface area contributed by atoms with Gasteiger partial charge in [-0.2, -0.15) is 0 Å². The van der Waals surface area contributed by atoms with Gasteiger partial charge in [-0.15, -0.1) is 0 Å². The maximum Gasteiger partial charge on any atom is 0.223 e. The number of ether oxygens (including phenoxy) is 3. The summed E-state index contributed by atoms with van der Waals surface area (Å²) in [6.45, 7) is 7.68. The molecule has 2 aliphatic rings. The summed E-state index contributed by atoms with van der Waals surface area (Å²) in [5, 5.41) is 0. The van der Waals surface area contributed by atoms with Crippen LogP contribution in [0.25, 0.3) is 0 Å². The van der Waals surface area contributed by atoms with Gasteiger partial charge in [-0.05, 0) is 24.8 Å². The third-order valence-electron chi connectivity index (χ3n) is 5.78. The van der Waals surface area contributed by atoms with Crippen LogP contribution in [0.1, 0.15) is 38.7 Å². The Bertz CT molecular complexity index is 612. The van der Waals surface area contributed by atoms with Crippen molar-refractivity contribution in [1.29, 1.82) is 0 Å². The molecule has 144 valence electrons. The summed E-state index contributed by atoms with van der Waals surface area (Å²) in [7, 11) is 1.70. The van der Waals surface area contributed by atoms with Gasteiger partial charge >= 0.3 is 0 Å². The molecule has 26 heavy (non-hydrogen) atoms. The molecule has 2 heterocycles. The van der Waals surface area contributed by atoms with Gasteiger partial charge in [-0.3, -0.25) is 4.79 Å². The molecule has 5 nitrogen and oxygen atoms in total. The van der Waals surface area contributed by atoms with E-state index in [2.05, 4.69) is 19.9 Å². The van der Waals surface area contributed by atoms with Crippen molar-refractivity contribution in [2.24, 2.45) is 5.92 Å². The molecule has 5 heteroatoms. The summed E-state index contributed by atoms with van der Waals surface area (Å²) in [6, 6.07) is 8.14. The van der Waals surface area contributed by atoms with Gasteiger partial charge < -0.3 is 19.1 Å². The predicted octanol–water partition coefficient (Wildman–Crippen LogP) is 3.02. The molecule has 0 radical (unpaired) electrons. The lowest BCUT2D eigenvalue weighted by Crippen LogP contribution is -2.47. The lowest BCUT2D eigenvalue weighted by molar-refractivity contribution is -0.138. The average molecular weight is 361 g/mol. The fourth-order valence-corrected chi connectivity index (χ4v) is 4.18. The molecular weight excluding hydrogens is 330 g/mol. The Labute approximate surface area is 156 Å². The van der Waals surface area contributed by atoms with Crippen LogP contribution in [0.4, 0.5) is 0 Å². The third kappa shape index (κ3) is 4.04. The van der Waals surface area contributed by atoms with Gasteiger partial charge in [-0.25, -0.2) is 0 Å². The first-order valence-corrected chi connectivity index (χ1v) is 9.66. The number of morpholine rings is 1. The molecule has 3 rings (SSSR count). The summed E-state index contributed by atoms with van der Waals surface area (Å²) >= 11 is 0. The summed E-state index contributed by atoms with van der Waals surface area (Å²) in [5.41, 5.74) is 0.896. The Morgan fingerprint density at radius 1 is 1.27 bits per heavy atom. The number of carbonyl (C=O) groups excluding carboxylic acids is 1. The molecule has 2 aliphatic heterocycles. The predicted molar refractivity (Wildman–Crippen MR) is 101 cm³/mol. The van der Waals surface area contributed by atoms with E-state index in [-0.39, 0.29) is 17.4 Å². The maximum atomic E-state index is 13.1. The van der Waals surface area contributed by atoms with E-state index in [0.29, 0.717) is 45.2 Å². The molecular formula is C21H31NO4. The number of methoxy groups -OCH3 is 1. The van der Waals surface area contributed by atoms with E-state index in [1.807, 2.05) is 23.1 Å². The van der Waals surface area contributed by atoms with Crippen molar-refractivity contribution in [2.75, 3.05) is 40.0 Å². The van der Waals surface area contributed by atoms with Gasteiger partial charge in [0, 0.05) is 37.1 Å². The molecule has 1 aromatic carbocycles. The standard InChI is InChI=1S/C21H31NO4/c1-16(2)19-14-21(8-11-26-19,17-6-4-5-7-18(17)24-3)15-20(23)22-9-12-25-13-10-22/h4-7,16,19H,8-15H2,1-3H3/t19-,21-/m1/s1. The zero-order valence-electron chi connectivity index (χ0n) is 16.2. The van der Waals surface area contributed by atoms with E-state index in [1.165, 1.54) is 0 Å². The second kappa shape index (κ2) is 8.40. The molecule has 2 fully saturated rings. The van der Waals surface area contributed by atoms with Crippen LogP contribution in [0.15, 0.2) is 24.3 Å². The minimum Gasteiger partial charge on any atom is -0.496 e. The molecule has 2 saturated heterocycles. The van der Waals surface area contributed by atoms with E-state index in [0.717, 1.165) is 24.2 Å². The highest BCUT2D eigenvalue weighted by Crippen LogP contribution is 2.45. The smallest absolute Gasteiger partial charge is 0.223 e. The van der Waals surface area contributed by atoms with Crippen LogP contribution in [0.3, 0.4) is 0 Å². The summed E-state index contributed by atoms with van der Waals surface area (Å²) in [6.07, 6.45) is 2.35. The SMILES string of the molecule is COc1ccccc1[C@]1(CC(=O)N2CCOCC2)CCO[C@@H](C(C)C)C1. The monoisotopic (exact) mass is 361 g/mol. The molecule has 0 unspecified atom stereocenters. The van der Waals surface area contributed by atoms with Crippen molar-refractivity contribution >= 4 is 5.91 Å². The normalized spacial score (nSPS) is 26.8. The number of nitrogens with zero attached hydrogens (tertiary/aromatic N) is 1. The van der Waals surface area contributed by atoms with E-state index >= 15 is 0 Å². The summed E-state index contributed by atoms with van der Waals surface area (Å²) in [5.74, 6) is 1.50. The molecule has 0 spiro atoms. The highest BCUT2D eigenvalue weighted by Gasteiger charge is 2.43. The molecule has 1 aromatic rings. The Morgan fingerprint density at radius 3 is 2.69 bits per heavy atom. The van der Waals surface area contributed by atoms with Crippen LogP contribution in [0.2, 0.25) is 0 Å². The van der Waals surface area contributed by atoms with Crippen LogP contribution in [-0.4, -0.2) is 56.9 Å². The van der Waals surface area contributed by atoms with Gasteiger partial charge in [-0.1, -0.05) is 32.0 Å². The van der Waals surface area contributed by atoms with Crippen molar-refractivity contribution in [3.8, 4) is 5.75 Å². The topological polar surface area (TPSA) is 48.0 Å². The highest BCUT2D eigenvalue weighted by molar-refractivity contribution is 5.78. The average Bonchev–Trinajstić information content (AvgIpc) is 2.68. The minimum absolute atomic E-state index is 0.158. The number of hydrogen-bond acceptors (Lipinski definition) is 4. The maximum absolute atomic E-state index is 13.1. The van der Waals surface area contributed by atoms with Crippen molar-refractivity contribution in [2.45, 2.75) is 44.6 Å². The third-order valence-corrected chi connectivity index (χ3v) is 5.78. The number of hydrogen-bond donors (Lipinski definition) is 0. The van der Waals surface area contributed by atoms with Crippen molar-refractivity contribution < 1.29 is 19.0 Å². The highest BCUT2D eigenvalue weighted by atomic mass is 16.5. The second-order valence-electron chi connectivity index (χ2n) is 7.76. The molecule has 0 aliphatic carbocycles. The molecule has 2 atom stereocenters.